The minimum atomic E-state index is -3.91. The van der Waals surface area contributed by atoms with Crippen molar-refractivity contribution in [2.75, 3.05) is 0 Å². The molecular weight excluding hydrogens is 508 g/mol. The molecule has 6 nitrogen and oxygen atoms in total. The summed E-state index contributed by atoms with van der Waals surface area (Å²) in [6.07, 6.45) is 3.21. The van der Waals surface area contributed by atoms with Crippen LogP contribution in [0, 0.1) is 17.6 Å². The highest BCUT2D eigenvalue weighted by Gasteiger charge is 2.30. The summed E-state index contributed by atoms with van der Waals surface area (Å²) in [4.78, 5) is 16.7. The van der Waals surface area contributed by atoms with Crippen molar-refractivity contribution in [3.05, 3.63) is 83.0 Å². The van der Waals surface area contributed by atoms with Crippen LogP contribution in [0.15, 0.2) is 65.7 Å². The standard InChI is InChI=1S/C26H26ClF2N3O3S/c1-16(17-6-10-19(28)11-7-17)31-26(33)18-8-12-20(13-9-18)32-36(34,35)21-14-23(27)25(30-15-21)22-4-2-3-5-24(22)29/h2-7,10-11,14-16,18,20,32H,8-9,12-13H2,1H3,(H,31,33)/t16-,18?,20?/m1/s1. The van der Waals surface area contributed by atoms with Crippen LogP contribution in [0.4, 0.5) is 8.78 Å². The van der Waals surface area contributed by atoms with Crippen molar-refractivity contribution < 1.29 is 22.0 Å². The molecule has 2 aromatic carbocycles. The third kappa shape index (κ3) is 6.08. The monoisotopic (exact) mass is 533 g/mol. The number of pyridine rings is 1. The molecule has 1 heterocycles. The van der Waals surface area contributed by atoms with Gasteiger partial charge in [-0.1, -0.05) is 35.9 Å². The number of halogens is 3. The Balaban J connectivity index is 1.34. The third-order valence-electron chi connectivity index (χ3n) is 6.40. The summed E-state index contributed by atoms with van der Waals surface area (Å²) < 4.78 is 55.7. The molecule has 10 heteroatoms. The molecule has 190 valence electrons. The van der Waals surface area contributed by atoms with E-state index in [0.29, 0.717) is 25.7 Å². The van der Waals surface area contributed by atoms with Gasteiger partial charge in [-0.05, 0) is 68.5 Å². The van der Waals surface area contributed by atoms with E-state index in [1.165, 1.54) is 30.3 Å². The summed E-state index contributed by atoms with van der Waals surface area (Å²) in [7, 11) is -3.91. The molecule has 1 fully saturated rings. The zero-order valence-electron chi connectivity index (χ0n) is 19.5. The Labute approximate surface area is 214 Å². The molecule has 1 amide bonds. The molecule has 4 rings (SSSR count). The number of benzene rings is 2. The number of hydrogen-bond donors (Lipinski definition) is 2. The van der Waals surface area contributed by atoms with Gasteiger partial charge in [0.2, 0.25) is 15.9 Å². The smallest absolute Gasteiger partial charge is 0.242 e. The highest BCUT2D eigenvalue weighted by atomic mass is 35.5. The lowest BCUT2D eigenvalue weighted by Crippen LogP contribution is -2.41. The molecule has 0 aliphatic heterocycles. The Bertz CT molecular complexity index is 1340. The van der Waals surface area contributed by atoms with Crippen molar-refractivity contribution in [3.8, 4) is 11.3 Å². The molecule has 1 atom stereocenters. The maximum Gasteiger partial charge on any atom is 0.242 e. The Morgan fingerprint density at radius 1 is 1.06 bits per heavy atom. The maximum atomic E-state index is 14.1. The molecule has 2 N–H and O–H groups in total. The topological polar surface area (TPSA) is 88.2 Å². The first-order valence-electron chi connectivity index (χ1n) is 11.6. The van der Waals surface area contributed by atoms with Crippen LogP contribution in [0.1, 0.15) is 44.2 Å². The first kappa shape index (κ1) is 26.2. The fraction of sp³-hybridized carbons (Fsp3) is 0.308. The van der Waals surface area contributed by atoms with Gasteiger partial charge in [-0.15, -0.1) is 0 Å². The molecule has 1 aromatic heterocycles. The van der Waals surface area contributed by atoms with Gasteiger partial charge in [0.1, 0.15) is 16.5 Å². The van der Waals surface area contributed by atoms with Gasteiger partial charge in [-0.3, -0.25) is 9.78 Å². The number of rotatable bonds is 7. The fourth-order valence-electron chi connectivity index (χ4n) is 4.35. The van der Waals surface area contributed by atoms with Crippen LogP contribution in [0.25, 0.3) is 11.3 Å². The Morgan fingerprint density at radius 3 is 2.36 bits per heavy atom. The van der Waals surface area contributed by atoms with Crippen molar-refractivity contribution in [1.29, 1.82) is 0 Å². The van der Waals surface area contributed by atoms with Crippen molar-refractivity contribution in [2.24, 2.45) is 5.92 Å². The van der Waals surface area contributed by atoms with Crippen LogP contribution in [-0.4, -0.2) is 25.4 Å². The Hall–Kier alpha value is -2.88. The number of hydrogen-bond acceptors (Lipinski definition) is 4. The number of carbonyl (C=O) groups excluding carboxylic acids is 1. The minimum Gasteiger partial charge on any atom is -0.349 e. The lowest BCUT2D eigenvalue weighted by atomic mass is 9.85. The molecule has 36 heavy (non-hydrogen) atoms. The second-order valence-electron chi connectivity index (χ2n) is 8.93. The van der Waals surface area contributed by atoms with Crippen LogP contribution in [0.5, 0.6) is 0 Å². The second kappa shape index (κ2) is 11.0. The van der Waals surface area contributed by atoms with Crippen molar-refractivity contribution >= 4 is 27.5 Å². The van der Waals surface area contributed by atoms with E-state index in [4.69, 9.17) is 11.6 Å². The number of amides is 1. The van der Waals surface area contributed by atoms with Crippen LogP contribution in [0.3, 0.4) is 0 Å². The van der Waals surface area contributed by atoms with E-state index in [1.54, 1.807) is 24.3 Å². The van der Waals surface area contributed by atoms with Crippen molar-refractivity contribution in [2.45, 2.75) is 49.6 Å². The molecule has 1 aliphatic rings. The zero-order valence-corrected chi connectivity index (χ0v) is 21.1. The zero-order chi connectivity index (χ0) is 25.9. The Morgan fingerprint density at radius 2 is 1.72 bits per heavy atom. The fourth-order valence-corrected chi connectivity index (χ4v) is 5.95. The average Bonchev–Trinajstić information content (AvgIpc) is 2.85. The third-order valence-corrected chi connectivity index (χ3v) is 8.18. The van der Waals surface area contributed by atoms with Crippen LogP contribution >= 0.6 is 11.6 Å². The van der Waals surface area contributed by atoms with Gasteiger partial charge in [-0.25, -0.2) is 21.9 Å². The number of carbonyl (C=O) groups is 1. The van der Waals surface area contributed by atoms with Crippen molar-refractivity contribution in [3.63, 3.8) is 0 Å². The summed E-state index contributed by atoms with van der Waals surface area (Å²) in [6.45, 7) is 1.83. The molecule has 0 radical (unpaired) electrons. The predicted molar refractivity (Wildman–Crippen MR) is 134 cm³/mol. The molecule has 3 aromatic rings. The summed E-state index contributed by atoms with van der Waals surface area (Å²) in [6, 6.07) is 12.6. The summed E-state index contributed by atoms with van der Waals surface area (Å²) in [5.74, 6) is -1.18. The molecule has 0 bridgehead atoms. The summed E-state index contributed by atoms with van der Waals surface area (Å²) >= 11 is 6.25. The van der Waals surface area contributed by atoms with E-state index >= 15 is 0 Å². The van der Waals surface area contributed by atoms with Gasteiger partial charge >= 0.3 is 0 Å². The SMILES string of the molecule is C[C@@H](NC(=O)C1CCC(NS(=O)(=O)c2cnc(-c3ccccc3F)c(Cl)c2)CC1)c1ccc(F)cc1. The highest BCUT2D eigenvalue weighted by Crippen LogP contribution is 2.31. The predicted octanol–water partition coefficient (Wildman–Crippen LogP) is 5.39. The minimum absolute atomic E-state index is 0.0265. The van der Waals surface area contributed by atoms with E-state index < -0.39 is 15.8 Å². The molecule has 1 aliphatic carbocycles. The highest BCUT2D eigenvalue weighted by molar-refractivity contribution is 7.89. The summed E-state index contributed by atoms with van der Waals surface area (Å²) in [5, 5.41) is 2.98. The lowest BCUT2D eigenvalue weighted by Gasteiger charge is -2.29. The van der Waals surface area contributed by atoms with Gasteiger partial charge in [0.05, 0.1) is 16.8 Å². The van der Waals surface area contributed by atoms with Crippen molar-refractivity contribution in [1.82, 2.24) is 15.0 Å². The van der Waals surface area contributed by atoms with Gasteiger partial charge in [0.25, 0.3) is 0 Å². The van der Waals surface area contributed by atoms with Crippen LogP contribution in [0.2, 0.25) is 5.02 Å². The first-order valence-corrected chi connectivity index (χ1v) is 13.5. The van der Waals surface area contributed by atoms with E-state index in [9.17, 15) is 22.0 Å². The first-order chi connectivity index (χ1) is 17.1. The maximum absolute atomic E-state index is 14.1. The Kier molecular flexibility index (Phi) is 8.02. The number of aromatic nitrogens is 1. The average molecular weight is 534 g/mol. The molecule has 0 saturated heterocycles. The lowest BCUT2D eigenvalue weighted by molar-refractivity contribution is -0.126. The van der Waals surface area contributed by atoms with Gasteiger partial charge in [-0.2, -0.15) is 0 Å². The quantitative estimate of drug-likeness (QED) is 0.426. The van der Waals surface area contributed by atoms with Crippen LogP contribution in [-0.2, 0) is 14.8 Å². The van der Waals surface area contributed by atoms with E-state index in [1.807, 2.05) is 6.92 Å². The molecule has 0 spiro atoms. The van der Waals surface area contributed by atoms with Gasteiger partial charge in [0, 0.05) is 23.7 Å². The molecule has 1 saturated carbocycles. The van der Waals surface area contributed by atoms with Gasteiger partial charge < -0.3 is 5.32 Å². The molecule has 0 unspecified atom stereocenters. The van der Waals surface area contributed by atoms with E-state index in [-0.39, 0.29) is 50.9 Å². The number of nitrogens with zero attached hydrogens (tertiary/aromatic N) is 1. The number of nitrogens with one attached hydrogen (secondary N) is 2. The molecular formula is C26H26ClF2N3O3S. The van der Waals surface area contributed by atoms with E-state index in [0.717, 1.165) is 11.8 Å². The second-order valence-corrected chi connectivity index (χ2v) is 11.1. The summed E-state index contributed by atoms with van der Waals surface area (Å²) in [5.41, 5.74) is 1.15. The largest absolute Gasteiger partial charge is 0.349 e. The van der Waals surface area contributed by atoms with Crippen LogP contribution < -0.4 is 10.0 Å². The van der Waals surface area contributed by atoms with E-state index in [2.05, 4.69) is 15.0 Å². The van der Waals surface area contributed by atoms with Gasteiger partial charge in [0.15, 0.2) is 0 Å². The number of sulfonamides is 1. The normalized spacial score (nSPS) is 19.0.